The van der Waals surface area contributed by atoms with Gasteiger partial charge in [0.1, 0.15) is 12.4 Å². The molecule has 1 unspecified atom stereocenters. The number of anilines is 1. The molecule has 0 aliphatic heterocycles. The van der Waals surface area contributed by atoms with E-state index in [4.69, 9.17) is 9.47 Å². The Kier molecular flexibility index (Phi) is 5.58. The zero-order valence-electron chi connectivity index (χ0n) is 12.8. The molecule has 0 spiro atoms. The van der Waals surface area contributed by atoms with Crippen LogP contribution in [0.4, 0.5) is 5.69 Å². The van der Waals surface area contributed by atoms with Crippen molar-refractivity contribution in [3.05, 3.63) is 53.9 Å². The predicted molar refractivity (Wildman–Crippen MR) is 84.8 cm³/mol. The number of hydrogen-bond acceptors (Lipinski definition) is 4. The van der Waals surface area contributed by atoms with Gasteiger partial charge in [-0.3, -0.25) is 4.98 Å². The van der Waals surface area contributed by atoms with Gasteiger partial charge in [-0.1, -0.05) is 12.1 Å². The van der Waals surface area contributed by atoms with E-state index in [1.807, 2.05) is 24.4 Å². The van der Waals surface area contributed by atoms with Crippen molar-refractivity contribution >= 4 is 5.69 Å². The van der Waals surface area contributed by atoms with Crippen LogP contribution in [0.25, 0.3) is 0 Å². The molecule has 2 aromatic rings. The SMILES string of the molecule is COCCOc1cc(C)ccc1NC(C)c1cccnc1. The van der Waals surface area contributed by atoms with Crippen LogP contribution in [0.5, 0.6) is 5.75 Å². The third-order valence-electron chi connectivity index (χ3n) is 3.24. The second-order valence-corrected chi connectivity index (χ2v) is 4.99. The van der Waals surface area contributed by atoms with Crippen LogP contribution in [-0.4, -0.2) is 25.3 Å². The molecule has 4 heteroatoms. The Balaban J connectivity index is 2.11. The third kappa shape index (κ3) is 4.46. The summed E-state index contributed by atoms with van der Waals surface area (Å²) in [4.78, 5) is 4.16. The molecule has 0 radical (unpaired) electrons. The highest BCUT2D eigenvalue weighted by Gasteiger charge is 2.09. The first kappa shape index (κ1) is 15.3. The zero-order chi connectivity index (χ0) is 15.1. The number of aryl methyl sites for hydroxylation is 1. The molecule has 21 heavy (non-hydrogen) atoms. The lowest BCUT2D eigenvalue weighted by Crippen LogP contribution is -2.10. The number of ether oxygens (including phenoxy) is 2. The molecule has 0 bridgehead atoms. The van der Waals surface area contributed by atoms with Gasteiger partial charge in [0.2, 0.25) is 0 Å². The molecule has 2 rings (SSSR count). The highest BCUT2D eigenvalue weighted by atomic mass is 16.5. The number of nitrogens with zero attached hydrogens (tertiary/aromatic N) is 1. The maximum atomic E-state index is 5.79. The van der Waals surface area contributed by atoms with Gasteiger partial charge in [0, 0.05) is 19.5 Å². The topological polar surface area (TPSA) is 43.4 Å². The van der Waals surface area contributed by atoms with Gasteiger partial charge in [0.05, 0.1) is 18.3 Å². The Bertz CT molecular complexity index is 558. The van der Waals surface area contributed by atoms with Crippen molar-refractivity contribution in [2.45, 2.75) is 19.9 Å². The van der Waals surface area contributed by atoms with Gasteiger partial charge in [-0.2, -0.15) is 0 Å². The fourth-order valence-electron chi connectivity index (χ4n) is 2.05. The quantitative estimate of drug-likeness (QED) is 0.790. The first-order valence-electron chi connectivity index (χ1n) is 7.09. The molecule has 1 atom stereocenters. The van der Waals surface area contributed by atoms with Crippen molar-refractivity contribution in [3.63, 3.8) is 0 Å². The Morgan fingerprint density at radius 2 is 2.10 bits per heavy atom. The van der Waals surface area contributed by atoms with E-state index in [1.165, 1.54) is 5.56 Å². The first-order chi connectivity index (χ1) is 10.2. The monoisotopic (exact) mass is 286 g/mol. The van der Waals surface area contributed by atoms with Gasteiger partial charge >= 0.3 is 0 Å². The Morgan fingerprint density at radius 1 is 1.24 bits per heavy atom. The molecule has 1 N–H and O–H groups in total. The van der Waals surface area contributed by atoms with E-state index in [1.54, 1.807) is 13.3 Å². The number of pyridine rings is 1. The highest BCUT2D eigenvalue weighted by molar-refractivity contribution is 5.58. The molecule has 0 saturated heterocycles. The van der Waals surface area contributed by atoms with Crippen LogP contribution in [-0.2, 0) is 4.74 Å². The first-order valence-corrected chi connectivity index (χ1v) is 7.09. The van der Waals surface area contributed by atoms with E-state index < -0.39 is 0 Å². The summed E-state index contributed by atoms with van der Waals surface area (Å²) in [5.41, 5.74) is 3.29. The van der Waals surface area contributed by atoms with Gasteiger partial charge in [-0.05, 0) is 43.2 Å². The fourth-order valence-corrected chi connectivity index (χ4v) is 2.05. The molecular formula is C17H22N2O2. The third-order valence-corrected chi connectivity index (χ3v) is 3.24. The minimum absolute atomic E-state index is 0.159. The molecule has 4 nitrogen and oxygen atoms in total. The molecule has 1 aromatic carbocycles. The number of benzene rings is 1. The van der Waals surface area contributed by atoms with Crippen molar-refractivity contribution in [3.8, 4) is 5.75 Å². The van der Waals surface area contributed by atoms with Gasteiger partial charge in [-0.25, -0.2) is 0 Å². The molecule has 1 heterocycles. The van der Waals surface area contributed by atoms with Gasteiger partial charge < -0.3 is 14.8 Å². The van der Waals surface area contributed by atoms with Crippen molar-refractivity contribution in [1.29, 1.82) is 0 Å². The Labute approximate surface area is 126 Å². The maximum absolute atomic E-state index is 5.79. The lowest BCUT2D eigenvalue weighted by molar-refractivity contribution is 0.146. The number of hydrogen-bond donors (Lipinski definition) is 1. The van der Waals surface area contributed by atoms with Crippen LogP contribution in [0.3, 0.4) is 0 Å². The molecule has 0 amide bonds. The summed E-state index contributed by atoms with van der Waals surface area (Å²) >= 11 is 0. The molecule has 0 fully saturated rings. The number of nitrogens with one attached hydrogen (secondary N) is 1. The maximum Gasteiger partial charge on any atom is 0.142 e. The molecule has 0 saturated carbocycles. The van der Waals surface area contributed by atoms with Gasteiger partial charge in [0.25, 0.3) is 0 Å². The second kappa shape index (κ2) is 7.64. The predicted octanol–water partition coefficient (Wildman–Crippen LogP) is 3.59. The average molecular weight is 286 g/mol. The standard InChI is InChI=1S/C17H22N2O2/c1-13-6-7-16(17(11-13)21-10-9-20-3)19-14(2)15-5-4-8-18-12-15/h4-8,11-12,14,19H,9-10H2,1-3H3. The normalized spacial score (nSPS) is 12.0. The summed E-state index contributed by atoms with van der Waals surface area (Å²) in [7, 11) is 1.67. The summed E-state index contributed by atoms with van der Waals surface area (Å²) in [6.07, 6.45) is 3.65. The molecular weight excluding hydrogens is 264 g/mol. The second-order valence-electron chi connectivity index (χ2n) is 4.99. The number of methoxy groups -OCH3 is 1. The van der Waals surface area contributed by atoms with Crippen LogP contribution in [0, 0.1) is 6.92 Å². The van der Waals surface area contributed by atoms with Crippen molar-refractivity contribution < 1.29 is 9.47 Å². The summed E-state index contributed by atoms with van der Waals surface area (Å²) in [6, 6.07) is 10.3. The van der Waals surface area contributed by atoms with Crippen LogP contribution < -0.4 is 10.1 Å². The molecule has 0 aliphatic carbocycles. The van der Waals surface area contributed by atoms with Gasteiger partial charge in [-0.15, -0.1) is 0 Å². The number of rotatable bonds is 7. The van der Waals surface area contributed by atoms with E-state index in [0.29, 0.717) is 13.2 Å². The van der Waals surface area contributed by atoms with E-state index in [9.17, 15) is 0 Å². The molecule has 0 aliphatic rings. The summed E-state index contributed by atoms with van der Waals surface area (Å²) in [5, 5.41) is 3.48. The van der Waals surface area contributed by atoms with E-state index in [0.717, 1.165) is 17.0 Å². The lowest BCUT2D eigenvalue weighted by atomic mass is 10.1. The minimum atomic E-state index is 0.159. The largest absolute Gasteiger partial charge is 0.489 e. The zero-order valence-corrected chi connectivity index (χ0v) is 12.8. The molecule has 1 aromatic heterocycles. The van der Waals surface area contributed by atoms with E-state index >= 15 is 0 Å². The minimum Gasteiger partial charge on any atom is -0.489 e. The van der Waals surface area contributed by atoms with Crippen LogP contribution in [0.2, 0.25) is 0 Å². The van der Waals surface area contributed by atoms with Gasteiger partial charge in [0.15, 0.2) is 0 Å². The summed E-state index contributed by atoms with van der Waals surface area (Å²) in [6.45, 7) is 5.27. The van der Waals surface area contributed by atoms with Crippen molar-refractivity contribution in [1.82, 2.24) is 4.98 Å². The lowest BCUT2D eigenvalue weighted by Gasteiger charge is -2.19. The van der Waals surface area contributed by atoms with Crippen molar-refractivity contribution in [2.24, 2.45) is 0 Å². The fraction of sp³-hybridized carbons (Fsp3) is 0.353. The van der Waals surface area contributed by atoms with Crippen LogP contribution in [0.15, 0.2) is 42.7 Å². The average Bonchev–Trinajstić information content (AvgIpc) is 2.51. The number of aromatic nitrogens is 1. The van der Waals surface area contributed by atoms with Crippen molar-refractivity contribution in [2.75, 3.05) is 25.6 Å². The molecule has 112 valence electrons. The summed E-state index contributed by atoms with van der Waals surface area (Å²) < 4.78 is 10.8. The Hall–Kier alpha value is -2.07. The highest BCUT2D eigenvalue weighted by Crippen LogP contribution is 2.29. The van der Waals surface area contributed by atoms with E-state index in [2.05, 4.69) is 36.3 Å². The Morgan fingerprint density at radius 3 is 2.81 bits per heavy atom. The smallest absolute Gasteiger partial charge is 0.142 e. The van der Waals surface area contributed by atoms with Crippen LogP contribution >= 0.6 is 0 Å². The summed E-state index contributed by atoms with van der Waals surface area (Å²) in [5.74, 6) is 0.850. The van der Waals surface area contributed by atoms with E-state index in [-0.39, 0.29) is 6.04 Å². The van der Waals surface area contributed by atoms with Crippen LogP contribution in [0.1, 0.15) is 24.1 Å².